The number of ether oxygens (including phenoxy) is 4. The standard InChI is InChI=1S/C20H24N6O5/c1-3-8-29-18-23-19(30-9-4-2)25-20(24-18)31-13-16-12-26(7-10-28-16)17(27)6-5-15-11-21-14-22-15/h3-6,11,14,16H,1-2,7-10,12-13H2,(H,21,22). The van der Waals surface area contributed by atoms with Gasteiger partial charge in [0.2, 0.25) is 5.91 Å². The van der Waals surface area contributed by atoms with Gasteiger partial charge in [-0.15, -0.1) is 15.0 Å². The van der Waals surface area contributed by atoms with Gasteiger partial charge in [-0.1, -0.05) is 25.3 Å². The first-order valence-electron chi connectivity index (χ1n) is 9.61. The molecule has 3 heterocycles. The van der Waals surface area contributed by atoms with Crippen LogP contribution in [0.25, 0.3) is 6.08 Å². The molecule has 11 nitrogen and oxygen atoms in total. The summed E-state index contributed by atoms with van der Waals surface area (Å²) in [6, 6.07) is 0.128. The zero-order valence-corrected chi connectivity index (χ0v) is 17.0. The van der Waals surface area contributed by atoms with Crippen molar-refractivity contribution >= 4 is 12.0 Å². The highest BCUT2D eigenvalue weighted by molar-refractivity contribution is 5.91. The van der Waals surface area contributed by atoms with Crippen LogP contribution in [0.3, 0.4) is 0 Å². The van der Waals surface area contributed by atoms with Crippen molar-refractivity contribution in [2.45, 2.75) is 6.10 Å². The highest BCUT2D eigenvalue weighted by atomic mass is 16.6. The number of rotatable bonds is 11. The molecule has 0 radical (unpaired) electrons. The lowest BCUT2D eigenvalue weighted by molar-refractivity contribution is -0.134. The smallest absolute Gasteiger partial charge is 0.326 e. The summed E-state index contributed by atoms with van der Waals surface area (Å²) in [6.07, 6.45) is 9.15. The van der Waals surface area contributed by atoms with E-state index in [1.807, 2.05) is 0 Å². The Morgan fingerprint density at radius 1 is 1.16 bits per heavy atom. The Balaban J connectivity index is 1.57. The van der Waals surface area contributed by atoms with Crippen molar-refractivity contribution in [3.63, 3.8) is 0 Å². The molecule has 1 aliphatic rings. The van der Waals surface area contributed by atoms with Crippen LogP contribution in [0.4, 0.5) is 0 Å². The van der Waals surface area contributed by atoms with Gasteiger partial charge in [0, 0.05) is 12.6 Å². The van der Waals surface area contributed by atoms with Crippen LogP contribution < -0.4 is 14.2 Å². The number of amides is 1. The zero-order chi connectivity index (χ0) is 21.9. The third-order valence-corrected chi connectivity index (χ3v) is 4.01. The van der Waals surface area contributed by atoms with Crippen molar-refractivity contribution in [2.75, 3.05) is 39.5 Å². The van der Waals surface area contributed by atoms with Gasteiger partial charge in [0.25, 0.3) is 0 Å². The third kappa shape index (κ3) is 6.93. The van der Waals surface area contributed by atoms with Gasteiger partial charge in [0.1, 0.15) is 25.9 Å². The van der Waals surface area contributed by atoms with E-state index in [4.69, 9.17) is 18.9 Å². The van der Waals surface area contributed by atoms with Crippen LogP contribution in [0.15, 0.2) is 43.9 Å². The molecule has 3 rings (SSSR count). The van der Waals surface area contributed by atoms with E-state index in [0.717, 1.165) is 5.69 Å². The average molecular weight is 428 g/mol. The van der Waals surface area contributed by atoms with Crippen LogP contribution in [0.5, 0.6) is 18.0 Å². The van der Waals surface area contributed by atoms with Crippen LogP contribution in [0, 0.1) is 0 Å². The number of nitrogens with one attached hydrogen (secondary N) is 1. The molecule has 1 unspecified atom stereocenters. The highest BCUT2D eigenvalue weighted by Crippen LogP contribution is 2.16. The number of aromatic nitrogens is 5. The first-order valence-corrected chi connectivity index (χ1v) is 9.61. The van der Waals surface area contributed by atoms with E-state index in [1.165, 1.54) is 6.08 Å². The monoisotopic (exact) mass is 428 g/mol. The summed E-state index contributed by atoms with van der Waals surface area (Å²) in [7, 11) is 0. The van der Waals surface area contributed by atoms with Crippen LogP contribution in [-0.4, -0.2) is 81.3 Å². The van der Waals surface area contributed by atoms with Gasteiger partial charge in [0.15, 0.2) is 0 Å². The maximum absolute atomic E-state index is 12.4. The van der Waals surface area contributed by atoms with E-state index in [2.05, 4.69) is 38.1 Å². The molecule has 2 aromatic heterocycles. The average Bonchev–Trinajstić information content (AvgIpc) is 3.32. The second-order valence-corrected chi connectivity index (χ2v) is 6.31. The number of aromatic amines is 1. The largest absolute Gasteiger partial charge is 0.460 e. The Morgan fingerprint density at radius 3 is 2.45 bits per heavy atom. The summed E-state index contributed by atoms with van der Waals surface area (Å²) in [5.74, 6) is -0.122. The molecule has 1 aliphatic heterocycles. The van der Waals surface area contributed by atoms with Crippen molar-refractivity contribution in [3.05, 3.63) is 49.6 Å². The SMILES string of the molecule is C=CCOc1nc(OCC=C)nc(OCC2CN(C(=O)C=Cc3cnc[nH]3)CCO2)n1. The lowest BCUT2D eigenvalue weighted by Crippen LogP contribution is -2.47. The number of carbonyl (C=O) groups is 1. The molecule has 0 aromatic carbocycles. The van der Waals surface area contributed by atoms with E-state index in [0.29, 0.717) is 19.7 Å². The number of carbonyl (C=O) groups excluding carboxylic acids is 1. The lowest BCUT2D eigenvalue weighted by Gasteiger charge is -2.32. The predicted octanol–water partition coefficient (Wildman–Crippen LogP) is 1.04. The molecule has 2 aromatic rings. The minimum atomic E-state index is -0.342. The lowest BCUT2D eigenvalue weighted by atomic mass is 10.2. The summed E-state index contributed by atoms with van der Waals surface area (Å²) in [6.45, 7) is 9.02. The van der Waals surface area contributed by atoms with E-state index < -0.39 is 0 Å². The number of imidazole rings is 1. The molecule has 164 valence electrons. The van der Waals surface area contributed by atoms with Gasteiger partial charge >= 0.3 is 18.0 Å². The van der Waals surface area contributed by atoms with E-state index in [-0.39, 0.29) is 49.9 Å². The van der Waals surface area contributed by atoms with Crippen molar-refractivity contribution in [2.24, 2.45) is 0 Å². The van der Waals surface area contributed by atoms with Crippen LogP contribution >= 0.6 is 0 Å². The summed E-state index contributed by atoms with van der Waals surface area (Å²) < 4.78 is 22.1. The molecular weight excluding hydrogens is 404 g/mol. The molecule has 1 N–H and O–H groups in total. The third-order valence-electron chi connectivity index (χ3n) is 4.01. The molecule has 1 saturated heterocycles. The quantitative estimate of drug-likeness (QED) is 0.413. The number of morpholine rings is 1. The second-order valence-electron chi connectivity index (χ2n) is 6.31. The summed E-state index contributed by atoms with van der Waals surface area (Å²) >= 11 is 0. The highest BCUT2D eigenvalue weighted by Gasteiger charge is 2.24. The van der Waals surface area contributed by atoms with Gasteiger partial charge in [-0.2, -0.15) is 0 Å². The fourth-order valence-electron chi connectivity index (χ4n) is 2.59. The van der Waals surface area contributed by atoms with Gasteiger partial charge in [-0.25, -0.2) is 4.98 Å². The molecule has 31 heavy (non-hydrogen) atoms. The maximum Gasteiger partial charge on any atom is 0.326 e. The van der Waals surface area contributed by atoms with Crippen molar-refractivity contribution in [1.29, 1.82) is 0 Å². The molecular formula is C20H24N6O5. The minimum absolute atomic E-state index is 0.0271. The summed E-state index contributed by atoms with van der Waals surface area (Å²) in [4.78, 5) is 33.2. The van der Waals surface area contributed by atoms with Crippen molar-refractivity contribution < 1.29 is 23.7 Å². The molecule has 1 fully saturated rings. The molecule has 11 heteroatoms. The Bertz CT molecular complexity index is 871. The fourth-order valence-corrected chi connectivity index (χ4v) is 2.59. The number of H-pyrrole nitrogens is 1. The van der Waals surface area contributed by atoms with E-state index in [9.17, 15) is 4.79 Å². The fraction of sp³-hybridized carbons (Fsp3) is 0.350. The Kier molecular flexibility index (Phi) is 8.12. The molecule has 0 saturated carbocycles. The molecule has 0 spiro atoms. The van der Waals surface area contributed by atoms with Gasteiger partial charge in [-0.05, 0) is 6.08 Å². The van der Waals surface area contributed by atoms with E-state index >= 15 is 0 Å². The predicted molar refractivity (Wildman–Crippen MR) is 111 cm³/mol. The van der Waals surface area contributed by atoms with Gasteiger partial charge in [-0.3, -0.25) is 4.79 Å². The summed E-state index contributed by atoms with van der Waals surface area (Å²) in [5.41, 5.74) is 0.750. The van der Waals surface area contributed by atoms with Crippen molar-refractivity contribution in [3.8, 4) is 18.0 Å². The Morgan fingerprint density at radius 2 is 1.84 bits per heavy atom. The maximum atomic E-state index is 12.4. The number of nitrogens with zero attached hydrogens (tertiary/aromatic N) is 5. The topological polar surface area (TPSA) is 125 Å². The zero-order valence-electron chi connectivity index (χ0n) is 17.0. The Hall–Kier alpha value is -3.73. The van der Waals surface area contributed by atoms with E-state index in [1.54, 1.807) is 35.7 Å². The molecule has 1 atom stereocenters. The minimum Gasteiger partial charge on any atom is -0.460 e. The first kappa shape index (κ1) is 22.0. The van der Waals surface area contributed by atoms with Gasteiger partial charge < -0.3 is 28.8 Å². The summed E-state index contributed by atoms with van der Waals surface area (Å²) in [5, 5.41) is 0. The van der Waals surface area contributed by atoms with Crippen LogP contribution in [0.1, 0.15) is 5.69 Å². The Labute approximate surface area is 179 Å². The molecule has 0 bridgehead atoms. The normalized spacial score (nSPS) is 16.1. The van der Waals surface area contributed by atoms with Crippen LogP contribution in [0.2, 0.25) is 0 Å². The molecule has 0 aliphatic carbocycles. The molecule has 1 amide bonds. The van der Waals surface area contributed by atoms with Gasteiger partial charge in [0.05, 0.1) is 31.4 Å². The number of hydrogen-bond donors (Lipinski definition) is 1. The van der Waals surface area contributed by atoms with Crippen LogP contribution in [-0.2, 0) is 9.53 Å². The first-order chi connectivity index (χ1) is 15.2. The second kappa shape index (κ2) is 11.5. The number of hydrogen-bond acceptors (Lipinski definition) is 9. The van der Waals surface area contributed by atoms with Crippen molar-refractivity contribution in [1.82, 2.24) is 29.8 Å².